The van der Waals surface area contributed by atoms with Gasteiger partial charge in [0.2, 0.25) is 0 Å². The Labute approximate surface area is 140 Å². The number of rotatable bonds is 3. The van der Waals surface area contributed by atoms with Crippen LogP contribution in [0.25, 0.3) is 0 Å². The number of non-ortho nitro benzene ring substituents is 1. The fraction of sp³-hybridized carbons (Fsp3) is 0.600. The van der Waals surface area contributed by atoms with E-state index in [1.54, 1.807) is 0 Å². The number of hydrogen-bond acceptors (Lipinski definition) is 3. The van der Waals surface area contributed by atoms with Crippen molar-refractivity contribution >= 4 is 37.5 Å². The molecule has 0 bridgehead atoms. The number of nitro groups is 1. The van der Waals surface area contributed by atoms with Crippen molar-refractivity contribution < 1.29 is 9.66 Å². The van der Waals surface area contributed by atoms with Gasteiger partial charge in [-0.05, 0) is 25.3 Å². The molecule has 1 aromatic carbocycles. The molecule has 0 aromatic heterocycles. The summed E-state index contributed by atoms with van der Waals surface area (Å²) in [5.74, 6) is 0.588. The van der Waals surface area contributed by atoms with E-state index in [0.717, 1.165) is 6.42 Å². The molecule has 4 nitrogen and oxygen atoms in total. The van der Waals surface area contributed by atoms with Crippen molar-refractivity contribution in [2.24, 2.45) is 5.41 Å². The van der Waals surface area contributed by atoms with Gasteiger partial charge in [0, 0.05) is 20.8 Å². The van der Waals surface area contributed by atoms with Gasteiger partial charge in [-0.2, -0.15) is 0 Å². The van der Waals surface area contributed by atoms with Crippen LogP contribution in [0.2, 0.25) is 0 Å². The highest BCUT2D eigenvalue weighted by Gasteiger charge is 2.55. The molecule has 2 aliphatic carbocycles. The molecule has 114 valence electrons. The van der Waals surface area contributed by atoms with E-state index in [4.69, 9.17) is 4.74 Å². The summed E-state index contributed by atoms with van der Waals surface area (Å²) in [4.78, 5) is 11.1. The van der Waals surface area contributed by atoms with E-state index in [2.05, 4.69) is 31.9 Å². The van der Waals surface area contributed by atoms with Gasteiger partial charge in [-0.3, -0.25) is 10.1 Å². The first-order valence-electron chi connectivity index (χ1n) is 7.27. The van der Waals surface area contributed by atoms with E-state index in [1.165, 1.54) is 44.2 Å². The SMILES string of the molecule is O=[N+]([O-])c1cc(Br)cc(OC2CC(Br)C23CCCCC3)c1. The molecule has 0 saturated heterocycles. The van der Waals surface area contributed by atoms with Gasteiger partial charge in [-0.1, -0.05) is 51.1 Å². The Bertz CT molecular complexity index is 558. The standard InChI is InChI=1S/C15H17Br2NO3/c16-10-6-11(18(19)20)8-12(7-10)21-14-9-13(17)15(14)4-2-1-3-5-15/h6-8,13-14H,1-5,9H2. The van der Waals surface area contributed by atoms with Crippen molar-refractivity contribution in [1.82, 2.24) is 0 Å². The molecule has 2 fully saturated rings. The van der Waals surface area contributed by atoms with E-state index in [1.807, 2.05) is 6.07 Å². The van der Waals surface area contributed by atoms with E-state index in [-0.39, 0.29) is 22.1 Å². The zero-order valence-corrected chi connectivity index (χ0v) is 14.7. The molecule has 21 heavy (non-hydrogen) atoms. The quantitative estimate of drug-likeness (QED) is 0.384. The van der Waals surface area contributed by atoms with Gasteiger partial charge >= 0.3 is 0 Å². The maximum Gasteiger partial charge on any atom is 0.274 e. The van der Waals surface area contributed by atoms with Crippen molar-refractivity contribution in [3.05, 3.63) is 32.8 Å². The average Bonchev–Trinajstić information content (AvgIpc) is 2.47. The topological polar surface area (TPSA) is 52.4 Å². The third-order valence-electron chi connectivity index (χ3n) is 4.82. The lowest BCUT2D eigenvalue weighted by atomic mass is 9.58. The Balaban J connectivity index is 1.79. The highest BCUT2D eigenvalue weighted by molar-refractivity contribution is 9.10. The Morgan fingerprint density at radius 3 is 2.57 bits per heavy atom. The summed E-state index contributed by atoms with van der Waals surface area (Å²) < 4.78 is 6.80. The molecule has 0 amide bonds. The maximum atomic E-state index is 10.9. The van der Waals surface area contributed by atoms with Crippen LogP contribution in [0.15, 0.2) is 22.7 Å². The van der Waals surface area contributed by atoms with Crippen LogP contribution in [0.1, 0.15) is 38.5 Å². The van der Waals surface area contributed by atoms with Crippen molar-refractivity contribution in [3.8, 4) is 5.75 Å². The lowest BCUT2D eigenvalue weighted by molar-refractivity contribution is -0.385. The summed E-state index contributed by atoms with van der Waals surface area (Å²) in [6.45, 7) is 0. The van der Waals surface area contributed by atoms with Crippen LogP contribution in [0.4, 0.5) is 5.69 Å². The van der Waals surface area contributed by atoms with E-state index >= 15 is 0 Å². The highest BCUT2D eigenvalue weighted by Crippen LogP contribution is 2.56. The van der Waals surface area contributed by atoms with Crippen LogP contribution in [-0.2, 0) is 0 Å². The monoisotopic (exact) mass is 417 g/mol. The third-order valence-corrected chi connectivity index (χ3v) is 6.56. The smallest absolute Gasteiger partial charge is 0.274 e. The Hall–Kier alpha value is -0.620. The van der Waals surface area contributed by atoms with Gasteiger partial charge in [0.15, 0.2) is 0 Å². The van der Waals surface area contributed by atoms with Crippen LogP contribution in [0.5, 0.6) is 5.75 Å². The maximum absolute atomic E-state index is 10.9. The third kappa shape index (κ3) is 2.84. The second-order valence-electron chi connectivity index (χ2n) is 6.01. The highest BCUT2D eigenvalue weighted by atomic mass is 79.9. The molecular weight excluding hydrogens is 402 g/mol. The van der Waals surface area contributed by atoms with Crippen LogP contribution in [0.3, 0.4) is 0 Å². The Morgan fingerprint density at radius 1 is 1.24 bits per heavy atom. The first-order chi connectivity index (χ1) is 10.0. The zero-order chi connectivity index (χ0) is 15.0. The van der Waals surface area contributed by atoms with Crippen molar-refractivity contribution in [2.75, 3.05) is 0 Å². The van der Waals surface area contributed by atoms with E-state index in [9.17, 15) is 10.1 Å². The number of nitro benzene ring substituents is 1. The molecule has 1 aromatic rings. The molecule has 2 unspecified atom stereocenters. The molecule has 1 spiro atoms. The number of alkyl halides is 1. The van der Waals surface area contributed by atoms with Crippen LogP contribution in [0, 0.1) is 15.5 Å². The lowest BCUT2D eigenvalue weighted by Gasteiger charge is -2.55. The second kappa shape index (κ2) is 5.88. The number of hydrogen-bond donors (Lipinski definition) is 0. The number of ether oxygens (including phenoxy) is 1. The molecule has 2 aliphatic rings. The Kier molecular flexibility index (Phi) is 4.28. The van der Waals surface area contributed by atoms with Gasteiger partial charge in [-0.25, -0.2) is 0 Å². The number of halogens is 2. The van der Waals surface area contributed by atoms with Crippen LogP contribution < -0.4 is 4.74 Å². The van der Waals surface area contributed by atoms with Gasteiger partial charge in [0.1, 0.15) is 11.9 Å². The second-order valence-corrected chi connectivity index (χ2v) is 8.03. The molecule has 3 rings (SSSR count). The van der Waals surface area contributed by atoms with Gasteiger partial charge in [0.25, 0.3) is 5.69 Å². The summed E-state index contributed by atoms with van der Waals surface area (Å²) in [7, 11) is 0. The molecule has 0 N–H and O–H groups in total. The number of nitrogens with zero attached hydrogens (tertiary/aromatic N) is 1. The van der Waals surface area contributed by atoms with Gasteiger partial charge < -0.3 is 4.74 Å². The van der Waals surface area contributed by atoms with Crippen molar-refractivity contribution in [2.45, 2.75) is 49.5 Å². The predicted octanol–water partition coefficient (Wildman–Crippen LogP) is 5.22. The van der Waals surface area contributed by atoms with Crippen molar-refractivity contribution in [1.29, 1.82) is 0 Å². The number of benzene rings is 1. The summed E-state index contributed by atoms with van der Waals surface area (Å²) in [5, 5.41) is 10.9. The minimum Gasteiger partial charge on any atom is -0.489 e. The molecule has 2 atom stereocenters. The zero-order valence-electron chi connectivity index (χ0n) is 11.6. The van der Waals surface area contributed by atoms with E-state index < -0.39 is 0 Å². The average molecular weight is 419 g/mol. The van der Waals surface area contributed by atoms with Crippen LogP contribution >= 0.6 is 31.9 Å². The molecule has 0 radical (unpaired) electrons. The predicted molar refractivity (Wildman–Crippen MR) is 88.1 cm³/mol. The first kappa shape index (κ1) is 15.3. The fourth-order valence-electron chi connectivity index (χ4n) is 3.59. The first-order valence-corrected chi connectivity index (χ1v) is 8.98. The Morgan fingerprint density at radius 2 is 1.95 bits per heavy atom. The van der Waals surface area contributed by atoms with E-state index in [0.29, 0.717) is 15.0 Å². The molecule has 6 heteroatoms. The van der Waals surface area contributed by atoms with Gasteiger partial charge in [0.05, 0.1) is 11.0 Å². The summed E-state index contributed by atoms with van der Waals surface area (Å²) in [6.07, 6.45) is 7.31. The molecule has 0 heterocycles. The minimum absolute atomic E-state index is 0.0618. The molecule has 0 aliphatic heterocycles. The minimum atomic E-state index is -0.387. The van der Waals surface area contributed by atoms with Crippen LogP contribution in [-0.4, -0.2) is 15.9 Å². The fourth-order valence-corrected chi connectivity index (χ4v) is 5.15. The lowest BCUT2D eigenvalue weighted by Crippen LogP contribution is -2.57. The summed E-state index contributed by atoms with van der Waals surface area (Å²) in [6, 6.07) is 4.82. The summed E-state index contributed by atoms with van der Waals surface area (Å²) >= 11 is 7.10. The molecule has 2 saturated carbocycles. The van der Waals surface area contributed by atoms with Gasteiger partial charge in [-0.15, -0.1) is 0 Å². The van der Waals surface area contributed by atoms with Crippen molar-refractivity contribution in [3.63, 3.8) is 0 Å². The largest absolute Gasteiger partial charge is 0.489 e. The molecular formula is C15H17Br2NO3. The summed E-state index contributed by atoms with van der Waals surface area (Å²) in [5.41, 5.74) is 0.279. The normalized spacial score (nSPS) is 27.1.